The maximum Gasteiger partial charge on any atom is 0.341 e. The molecule has 0 aliphatic rings. The summed E-state index contributed by atoms with van der Waals surface area (Å²) >= 11 is 17.5. The van der Waals surface area contributed by atoms with Crippen molar-refractivity contribution in [3.8, 4) is 0 Å². The van der Waals surface area contributed by atoms with Crippen molar-refractivity contribution in [1.82, 2.24) is 0 Å². The summed E-state index contributed by atoms with van der Waals surface area (Å²) < 4.78 is 0. The lowest BCUT2D eigenvalue weighted by molar-refractivity contribution is 1.08. The minimum absolute atomic E-state index is 0.696. The van der Waals surface area contributed by atoms with Crippen molar-refractivity contribution in [2.24, 2.45) is 0 Å². The van der Waals surface area contributed by atoms with Crippen LogP contribution in [0.25, 0.3) is 0 Å². The van der Waals surface area contributed by atoms with Crippen LogP contribution in [0.3, 0.4) is 0 Å². The standard InChI is InChI=1S/C10H13Cl3Si/c1-8-4-3-5-10(9(8)2)6-7-14(11,12)13/h3-5H,6-7H2,1-2H3. The van der Waals surface area contributed by atoms with Crippen molar-refractivity contribution in [3.63, 3.8) is 0 Å². The predicted octanol–water partition coefficient (Wildman–Crippen LogP) is 4.50. The van der Waals surface area contributed by atoms with Crippen LogP contribution in [0, 0.1) is 13.8 Å². The summed E-state index contributed by atoms with van der Waals surface area (Å²) in [7, 11) is 0. The van der Waals surface area contributed by atoms with Gasteiger partial charge in [-0.3, -0.25) is 0 Å². The van der Waals surface area contributed by atoms with Gasteiger partial charge in [-0.2, -0.15) is 0 Å². The third-order valence-corrected chi connectivity index (χ3v) is 4.91. The van der Waals surface area contributed by atoms with Crippen molar-refractivity contribution in [2.75, 3.05) is 0 Å². The Labute approximate surface area is 100 Å². The van der Waals surface area contributed by atoms with Crippen LogP contribution in [0.2, 0.25) is 6.04 Å². The van der Waals surface area contributed by atoms with Crippen LogP contribution in [0.5, 0.6) is 0 Å². The van der Waals surface area contributed by atoms with E-state index in [4.69, 9.17) is 33.2 Å². The van der Waals surface area contributed by atoms with Crippen LogP contribution in [-0.4, -0.2) is 6.00 Å². The lowest BCUT2D eigenvalue weighted by Gasteiger charge is -2.11. The van der Waals surface area contributed by atoms with E-state index in [0.29, 0.717) is 6.04 Å². The Hall–Kier alpha value is 0.307. The van der Waals surface area contributed by atoms with Crippen molar-refractivity contribution < 1.29 is 0 Å². The highest BCUT2D eigenvalue weighted by molar-refractivity contribution is 7.64. The van der Waals surface area contributed by atoms with Crippen molar-refractivity contribution in [2.45, 2.75) is 26.3 Å². The molecule has 1 aromatic carbocycles. The number of aryl methyl sites for hydroxylation is 2. The summed E-state index contributed by atoms with van der Waals surface area (Å²) in [5.41, 5.74) is 3.91. The number of rotatable bonds is 3. The minimum atomic E-state index is -2.46. The molecule has 4 heteroatoms. The van der Waals surface area contributed by atoms with E-state index in [-0.39, 0.29) is 0 Å². The molecular weight excluding hydrogens is 255 g/mol. The summed E-state index contributed by atoms with van der Waals surface area (Å²) in [5, 5.41) is 0. The average Bonchev–Trinajstić information content (AvgIpc) is 2.06. The Kier molecular flexibility index (Phi) is 4.32. The predicted molar refractivity (Wildman–Crippen MR) is 67.7 cm³/mol. The van der Waals surface area contributed by atoms with Gasteiger partial charge in [-0.05, 0) is 43.0 Å². The maximum atomic E-state index is 5.84. The second-order valence-electron chi connectivity index (χ2n) is 3.47. The van der Waals surface area contributed by atoms with E-state index in [1.165, 1.54) is 16.7 Å². The van der Waals surface area contributed by atoms with Gasteiger partial charge in [-0.1, -0.05) is 18.2 Å². The van der Waals surface area contributed by atoms with E-state index < -0.39 is 6.00 Å². The molecular formula is C10H13Cl3Si. The highest BCUT2D eigenvalue weighted by Gasteiger charge is 2.24. The van der Waals surface area contributed by atoms with Crippen LogP contribution in [-0.2, 0) is 6.42 Å². The molecule has 78 valence electrons. The fourth-order valence-corrected chi connectivity index (χ4v) is 2.76. The SMILES string of the molecule is Cc1cccc(CC[Si](Cl)(Cl)Cl)c1C. The highest BCUT2D eigenvalue weighted by Crippen LogP contribution is 2.27. The third kappa shape index (κ3) is 3.82. The van der Waals surface area contributed by atoms with Gasteiger partial charge < -0.3 is 0 Å². The molecule has 0 heterocycles. The second-order valence-corrected chi connectivity index (χ2v) is 12.8. The largest absolute Gasteiger partial charge is 0.341 e. The third-order valence-electron chi connectivity index (χ3n) is 2.39. The monoisotopic (exact) mass is 266 g/mol. The summed E-state index contributed by atoms with van der Waals surface area (Å²) in [5.74, 6) is 0. The van der Waals surface area contributed by atoms with Crippen LogP contribution in [0.15, 0.2) is 18.2 Å². The molecule has 0 radical (unpaired) electrons. The van der Waals surface area contributed by atoms with E-state index in [9.17, 15) is 0 Å². The molecule has 0 spiro atoms. The van der Waals surface area contributed by atoms with Gasteiger partial charge in [0.1, 0.15) is 0 Å². The average molecular weight is 268 g/mol. The van der Waals surface area contributed by atoms with Gasteiger partial charge in [-0.15, -0.1) is 33.2 Å². The molecule has 0 saturated carbocycles. The molecule has 0 fully saturated rings. The molecule has 0 bridgehead atoms. The van der Waals surface area contributed by atoms with E-state index in [2.05, 4.69) is 32.0 Å². The van der Waals surface area contributed by atoms with Crippen LogP contribution >= 0.6 is 33.2 Å². The Morgan fingerprint density at radius 2 is 1.79 bits per heavy atom. The maximum absolute atomic E-state index is 5.84. The molecule has 0 unspecified atom stereocenters. The zero-order valence-electron chi connectivity index (χ0n) is 8.28. The van der Waals surface area contributed by atoms with Gasteiger partial charge in [0.25, 0.3) is 0 Å². The summed E-state index contributed by atoms with van der Waals surface area (Å²) in [6.45, 7) is 4.22. The van der Waals surface area contributed by atoms with Gasteiger partial charge in [0.2, 0.25) is 0 Å². The topological polar surface area (TPSA) is 0 Å². The first-order valence-corrected chi connectivity index (χ1v) is 9.76. The first-order valence-electron chi connectivity index (χ1n) is 4.52. The molecule has 1 rings (SSSR count). The first-order chi connectivity index (χ1) is 6.40. The van der Waals surface area contributed by atoms with Gasteiger partial charge >= 0.3 is 6.00 Å². The fourth-order valence-electron chi connectivity index (χ4n) is 1.36. The molecule has 0 nitrogen and oxygen atoms in total. The van der Waals surface area contributed by atoms with Crippen molar-refractivity contribution in [3.05, 3.63) is 34.9 Å². The normalized spacial score (nSPS) is 11.8. The number of halogens is 3. The number of hydrogen-bond donors (Lipinski definition) is 0. The van der Waals surface area contributed by atoms with E-state index in [1.807, 2.05) is 0 Å². The van der Waals surface area contributed by atoms with Gasteiger partial charge in [0.05, 0.1) is 0 Å². The molecule has 0 aliphatic carbocycles. The molecule has 0 aromatic heterocycles. The minimum Gasteiger partial charge on any atom is -0.126 e. The lowest BCUT2D eigenvalue weighted by Crippen LogP contribution is -2.10. The van der Waals surface area contributed by atoms with Gasteiger partial charge in [0, 0.05) is 0 Å². The Balaban J connectivity index is 2.73. The zero-order chi connectivity index (χ0) is 10.8. The summed E-state index contributed by atoms with van der Waals surface area (Å²) in [6, 6.07) is 4.49. The molecule has 0 saturated heterocycles. The number of benzene rings is 1. The van der Waals surface area contributed by atoms with Gasteiger partial charge in [-0.25, -0.2) is 0 Å². The molecule has 1 aromatic rings. The van der Waals surface area contributed by atoms with E-state index in [0.717, 1.165) is 6.42 Å². The van der Waals surface area contributed by atoms with Gasteiger partial charge in [0.15, 0.2) is 0 Å². The summed E-state index contributed by atoms with van der Waals surface area (Å²) in [6.07, 6.45) is 0.871. The first kappa shape index (κ1) is 12.4. The quantitative estimate of drug-likeness (QED) is 0.559. The Morgan fingerprint density at radius 3 is 2.36 bits per heavy atom. The summed E-state index contributed by atoms with van der Waals surface area (Å²) in [4.78, 5) is 0. The zero-order valence-corrected chi connectivity index (χ0v) is 11.5. The molecule has 0 atom stereocenters. The van der Waals surface area contributed by atoms with Crippen LogP contribution in [0.1, 0.15) is 16.7 Å². The second kappa shape index (κ2) is 4.89. The van der Waals surface area contributed by atoms with Crippen molar-refractivity contribution >= 4 is 39.2 Å². The van der Waals surface area contributed by atoms with Crippen molar-refractivity contribution in [1.29, 1.82) is 0 Å². The molecule has 0 N–H and O–H groups in total. The smallest absolute Gasteiger partial charge is 0.126 e. The molecule has 0 amide bonds. The Morgan fingerprint density at radius 1 is 1.14 bits per heavy atom. The number of hydrogen-bond acceptors (Lipinski definition) is 0. The molecule has 0 aliphatic heterocycles. The van der Waals surface area contributed by atoms with Crippen LogP contribution < -0.4 is 0 Å². The fraction of sp³-hybridized carbons (Fsp3) is 0.400. The lowest BCUT2D eigenvalue weighted by atomic mass is 10.0. The Bertz CT molecular complexity index is 318. The highest BCUT2D eigenvalue weighted by atomic mass is 35.8. The van der Waals surface area contributed by atoms with E-state index >= 15 is 0 Å². The molecule has 14 heavy (non-hydrogen) atoms. The van der Waals surface area contributed by atoms with E-state index in [1.54, 1.807) is 0 Å². The van der Waals surface area contributed by atoms with Crippen LogP contribution in [0.4, 0.5) is 0 Å².